The summed E-state index contributed by atoms with van der Waals surface area (Å²) in [6.07, 6.45) is 3.78. The monoisotopic (exact) mass is 375 g/mol. The SMILES string of the molecule is CC1CCCCCN1S(=O)(=O)c1ccc(C(=O)O)cc1Br. The smallest absolute Gasteiger partial charge is 0.335 e. The molecule has 1 aliphatic rings. The molecule has 1 fully saturated rings. The Morgan fingerprint density at radius 1 is 1.33 bits per heavy atom. The average Bonchev–Trinajstić information content (AvgIpc) is 2.63. The number of benzene rings is 1. The Hall–Kier alpha value is -0.920. The fourth-order valence-corrected chi connectivity index (χ4v) is 5.31. The first-order valence-electron chi connectivity index (χ1n) is 6.88. The molecule has 1 N–H and O–H groups in total. The van der Waals surface area contributed by atoms with Crippen LogP contribution in [-0.4, -0.2) is 36.4 Å². The van der Waals surface area contributed by atoms with Gasteiger partial charge in [0.05, 0.1) is 10.5 Å². The van der Waals surface area contributed by atoms with E-state index in [1.165, 1.54) is 22.5 Å². The molecule has 1 atom stereocenters. The number of sulfonamides is 1. The molecular formula is C14H18BrNO4S. The van der Waals surface area contributed by atoms with Crippen LogP contribution >= 0.6 is 15.9 Å². The normalized spacial score (nSPS) is 21.0. The van der Waals surface area contributed by atoms with E-state index in [9.17, 15) is 13.2 Å². The third-order valence-electron chi connectivity index (χ3n) is 3.76. The standard InChI is InChI=1S/C14H18BrNO4S/c1-10-5-3-2-4-8-16(10)21(19,20)13-7-6-11(14(17)18)9-12(13)15/h6-7,9-10H,2-5,8H2,1H3,(H,17,18). The van der Waals surface area contributed by atoms with E-state index in [-0.39, 0.29) is 16.5 Å². The van der Waals surface area contributed by atoms with Gasteiger partial charge in [0.25, 0.3) is 0 Å². The Morgan fingerprint density at radius 3 is 2.67 bits per heavy atom. The van der Waals surface area contributed by atoms with E-state index in [0.717, 1.165) is 25.7 Å². The third-order valence-corrected chi connectivity index (χ3v) is 6.75. The molecule has 0 aromatic heterocycles. The van der Waals surface area contributed by atoms with Crippen molar-refractivity contribution in [1.29, 1.82) is 0 Å². The Kier molecular flexibility index (Phi) is 5.06. The molecule has 1 heterocycles. The van der Waals surface area contributed by atoms with Gasteiger partial charge < -0.3 is 5.11 Å². The Morgan fingerprint density at radius 2 is 2.05 bits per heavy atom. The van der Waals surface area contributed by atoms with Crippen molar-refractivity contribution in [2.45, 2.75) is 43.5 Å². The van der Waals surface area contributed by atoms with Gasteiger partial charge in [-0.3, -0.25) is 0 Å². The fourth-order valence-electron chi connectivity index (χ4n) is 2.58. The summed E-state index contributed by atoms with van der Waals surface area (Å²) in [6.45, 7) is 2.43. The molecule has 7 heteroatoms. The molecule has 1 saturated heterocycles. The number of halogens is 1. The first-order valence-corrected chi connectivity index (χ1v) is 9.12. The molecule has 0 spiro atoms. The van der Waals surface area contributed by atoms with Crippen LogP contribution in [0.5, 0.6) is 0 Å². The molecule has 5 nitrogen and oxygen atoms in total. The summed E-state index contributed by atoms with van der Waals surface area (Å²) in [5.74, 6) is -1.08. The Balaban J connectivity index is 2.41. The van der Waals surface area contributed by atoms with E-state index in [0.29, 0.717) is 11.0 Å². The second kappa shape index (κ2) is 6.46. The number of hydrogen-bond acceptors (Lipinski definition) is 3. The lowest BCUT2D eigenvalue weighted by Crippen LogP contribution is -2.38. The molecular weight excluding hydrogens is 358 g/mol. The van der Waals surface area contributed by atoms with Crippen molar-refractivity contribution in [3.05, 3.63) is 28.2 Å². The number of carboxylic acids is 1. The van der Waals surface area contributed by atoms with Gasteiger partial charge in [-0.15, -0.1) is 0 Å². The number of carboxylic acid groups (broad SMARTS) is 1. The Labute approximate surface area is 133 Å². The molecule has 1 aromatic rings. The van der Waals surface area contributed by atoms with Crippen LogP contribution in [0.2, 0.25) is 0 Å². The van der Waals surface area contributed by atoms with Crippen molar-refractivity contribution in [3.8, 4) is 0 Å². The summed E-state index contributed by atoms with van der Waals surface area (Å²) in [4.78, 5) is 11.1. The van der Waals surface area contributed by atoms with E-state index >= 15 is 0 Å². The van der Waals surface area contributed by atoms with Crippen LogP contribution in [-0.2, 0) is 10.0 Å². The zero-order chi connectivity index (χ0) is 15.6. The maximum atomic E-state index is 12.8. The predicted octanol–water partition coefficient (Wildman–Crippen LogP) is 3.10. The molecule has 116 valence electrons. The van der Waals surface area contributed by atoms with Crippen molar-refractivity contribution in [2.75, 3.05) is 6.54 Å². The Bertz CT molecular complexity index is 644. The summed E-state index contributed by atoms with van der Waals surface area (Å²) in [6, 6.07) is 3.98. The van der Waals surface area contributed by atoms with Crippen LogP contribution in [0.1, 0.15) is 43.0 Å². The molecule has 0 bridgehead atoms. The van der Waals surface area contributed by atoms with Gasteiger partial charge >= 0.3 is 5.97 Å². The zero-order valence-electron chi connectivity index (χ0n) is 11.8. The van der Waals surface area contributed by atoms with Gasteiger partial charge in [-0.1, -0.05) is 12.8 Å². The third kappa shape index (κ3) is 3.46. The molecule has 21 heavy (non-hydrogen) atoms. The maximum absolute atomic E-state index is 12.8. The summed E-state index contributed by atoms with van der Waals surface area (Å²) in [5.41, 5.74) is 0.0599. The first kappa shape index (κ1) is 16.5. The van der Waals surface area contributed by atoms with E-state index < -0.39 is 16.0 Å². The second-order valence-corrected chi connectivity index (χ2v) is 7.98. The van der Waals surface area contributed by atoms with Gasteiger partial charge in [-0.05, 0) is 53.9 Å². The van der Waals surface area contributed by atoms with E-state index in [2.05, 4.69) is 15.9 Å². The van der Waals surface area contributed by atoms with E-state index in [4.69, 9.17) is 5.11 Å². The summed E-state index contributed by atoms with van der Waals surface area (Å²) >= 11 is 3.19. The van der Waals surface area contributed by atoms with Gasteiger partial charge in [0.2, 0.25) is 10.0 Å². The van der Waals surface area contributed by atoms with Crippen LogP contribution in [0.15, 0.2) is 27.6 Å². The summed E-state index contributed by atoms with van der Waals surface area (Å²) in [5, 5.41) is 8.95. The number of rotatable bonds is 3. The van der Waals surface area contributed by atoms with Crippen LogP contribution in [0.3, 0.4) is 0 Å². The molecule has 0 aliphatic carbocycles. The lowest BCUT2D eigenvalue weighted by molar-refractivity contribution is 0.0696. The maximum Gasteiger partial charge on any atom is 0.335 e. The molecule has 2 rings (SSSR count). The van der Waals surface area contributed by atoms with Gasteiger partial charge in [-0.25, -0.2) is 13.2 Å². The van der Waals surface area contributed by atoms with Gasteiger partial charge in [0.15, 0.2) is 0 Å². The van der Waals surface area contributed by atoms with E-state index in [1.54, 1.807) is 0 Å². The van der Waals surface area contributed by atoms with Crippen molar-refractivity contribution >= 4 is 31.9 Å². The molecule has 1 unspecified atom stereocenters. The largest absolute Gasteiger partial charge is 0.478 e. The quantitative estimate of drug-likeness (QED) is 0.880. The number of nitrogens with zero attached hydrogens (tertiary/aromatic N) is 1. The zero-order valence-corrected chi connectivity index (χ0v) is 14.2. The second-order valence-electron chi connectivity index (χ2n) is 5.26. The van der Waals surface area contributed by atoms with Gasteiger partial charge in [0.1, 0.15) is 0 Å². The van der Waals surface area contributed by atoms with Crippen molar-refractivity contribution in [2.24, 2.45) is 0 Å². The van der Waals surface area contributed by atoms with Crippen molar-refractivity contribution in [3.63, 3.8) is 0 Å². The van der Waals surface area contributed by atoms with Gasteiger partial charge in [-0.2, -0.15) is 4.31 Å². The molecule has 1 aromatic carbocycles. The molecule has 0 saturated carbocycles. The van der Waals surface area contributed by atoms with E-state index in [1.807, 2.05) is 6.92 Å². The highest BCUT2D eigenvalue weighted by Gasteiger charge is 2.31. The fraction of sp³-hybridized carbons (Fsp3) is 0.500. The van der Waals surface area contributed by atoms with Crippen molar-refractivity contribution in [1.82, 2.24) is 4.31 Å². The van der Waals surface area contributed by atoms with Crippen LogP contribution in [0.25, 0.3) is 0 Å². The lowest BCUT2D eigenvalue weighted by Gasteiger charge is -2.26. The molecule has 1 aliphatic heterocycles. The number of hydrogen-bond donors (Lipinski definition) is 1. The minimum Gasteiger partial charge on any atom is -0.478 e. The van der Waals surface area contributed by atoms with Crippen molar-refractivity contribution < 1.29 is 18.3 Å². The predicted molar refractivity (Wildman–Crippen MR) is 82.9 cm³/mol. The minimum absolute atomic E-state index is 0.0384. The number of carbonyl (C=O) groups is 1. The van der Waals surface area contributed by atoms with Gasteiger partial charge in [0, 0.05) is 17.1 Å². The molecule has 0 radical (unpaired) electrons. The summed E-state index contributed by atoms with van der Waals surface area (Å²) in [7, 11) is -3.61. The number of aromatic carboxylic acids is 1. The minimum atomic E-state index is -3.61. The highest BCUT2D eigenvalue weighted by Crippen LogP contribution is 2.30. The van der Waals surface area contributed by atoms with Crippen LogP contribution < -0.4 is 0 Å². The summed E-state index contributed by atoms with van der Waals surface area (Å²) < 4.78 is 27.4. The highest BCUT2D eigenvalue weighted by molar-refractivity contribution is 9.10. The lowest BCUT2D eigenvalue weighted by atomic mass is 10.1. The van der Waals surface area contributed by atoms with Crippen LogP contribution in [0.4, 0.5) is 0 Å². The average molecular weight is 376 g/mol. The molecule has 0 amide bonds. The first-order chi connectivity index (χ1) is 9.84. The highest BCUT2D eigenvalue weighted by atomic mass is 79.9. The van der Waals surface area contributed by atoms with Crippen LogP contribution in [0, 0.1) is 0 Å². The topological polar surface area (TPSA) is 74.7 Å².